The van der Waals surface area contributed by atoms with Crippen molar-refractivity contribution in [2.75, 3.05) is 9.80 Å². The molecule has 4 heteroatoms. The predicted octanol–water partition coefficient (Wildman–Crippen LogP) is 12.3. The molecule has 3 aliphatic carbocycles. The van der Waals surface area contributed by atoms with Crippen LogP contribution in [0.2, 0.25) is 0 Å². The van der Waals surface area contributed by atoms with E-state index in [1.807, 2.05) is 0 Å². The second-order valence-electron chi connectivity index (χ2n) is 19.4. The van der Waals surface area contributed by atoms with Gasteiger partial charge in [0.2, 0.25) is 0 Å². The molecule has 0 bridgehead atoms. The molecule has 1 saturated carbocycles. The number of aromatic nitrogens is 1. The van der Waals surface area contributed by atoms with Gasteiger partial charge in [-0.1, -0.05) is 165 Å². The molecule has 1 spiro atoms. The third kappa shape index (κ3) is 3.86. The molecule has 1 aromatic heterocycles. The Bertz CT molecular complexity index is 3390. The summed E-state index contributed by atoms with van der Waals surface area (Å²) in [6.45, 7) is 5.27. The molecule has 0 N–H and O–H groups in total. The molecule has 4 heterocycles. The number of fused-ring (bicyclic) bond motifs is 19. The van der Waals surface area contributed by atoms with Crippen LogP contribution in [0.5, 0.6) is 0 Å². The van der Waals surface area contributed by atoms with Gasteiger partial charge in [0, 0.05) is 55.9 Å². The van der Waals surface area contributed by atoms with Crippen LogP contribution in [0.15, 0.2) is 182 Å². The van der Waals surface area contributed by atoms with E-state index in [9.17, 15) is 0 Å². The summed E-state index contributed by atoms with van der Waals surface area (Å²) in [6, 6.07) is 69.6. The fourth-order valence-corrected chi connectivity index (χ4v) is 14.3. The molecule has 3 nitrogen and oxygen atoms in total. The third-order valence-electron chi connectivity index (χ3n) is 16.9. The molecular weight excluding hydrogens is 761 g/mol. The second kappa shape index (κ2) is 11.7. The van der Waals surface area contributed by atoms with E-state index in [2.05, 4.69) is 210 Å². The summed E-state index contributed by atoms with van der Waals surface area (Å²) in [4.78, 5) is 5.36. The Morgan fingerprint density at radius 3 is 1.76 bits per heavy atom. The zero-order chi connectivity index (χ0) is 41.4. The topological polar surface area (TPSA) is 11.4 Å². The van der Waals surface area contributed by atoms with Crippen LogP contribution in [0.1, 0.15) is 67.3 Å². The highest BCUT2D eigenvalue weighted by Gasteiger charge is 2.62. The van der Waals surface area contributed by atoms with Gasteiger partial charge in [-0.3, -0.25) is 0 Å². The Morgan fingerprint density at radius 1 is 0.508 bits per heavy atom. The zero-order valence-corrected chi connectivity index (χ0v) is 35.6. The van der Waals surface area contributed by atoms with Gasteiger partial charge in [0.25, 0.3) is 6.71 Å². The van der Waals surface area contributed by atoms with Crippen molar-refractivity contribution in [3.63, 3.8) is 0 Å². The maximum atomic E-state index is 2.87. The third-order valence-corrected chi connectivity index (χ3v) is 16.9. The smallest absolute Gasteiger partial charge is 0.252 e. The highest BCUT2D eigenvalue weighted by Crippen LogP contribution is 2.66. The van der Waals surface area contributed by atoms with Crippen molar-refractivity contribution in [2.24, 2.45) is 0 Å². The summed E-state index contributed by atoms with van der Waals surface area (Å²) in [5, 5.41) is 1.35. The molecule has 298 valence electrons. The average Bonchev–Trinajstić information content (AvgIpc) is 4.00. The van der Waals surface area contributed by atoms with Crippen molar-refractivity contribution in [1.29, 1.82) is 0 Å². The highest BCUT2D eigenvalue weighted by molar-refractivity contribution is 7.00. The van der Waals surface area contributed by atoms with Gasteiger partial charge in [-0.05, 0) is 106 Å². The maximum Gasteiger partial charge on any atom is 0.252 e. The molecule has 9 aromatic rings. The van der Waals surface area contributed by atoms with Crippen molar-refractivity contribution in [3.8, 4) is 28.1 Å². The van der Waals surface area contributed by atoms with Crippen LogP contribution in [-0.2, 0) is 10.8 Å². The SMILES string of the molecule is CC12CCCCC1(C)N1c3cc(N(c4ccccc4)c4ccccc4)cc4c3B(c3cccc2c31)c1cccc2c3c(n-4c12)-c1ccccc1C31c2ccccc2-c2ccccc21. The van der Waals surface area contributed by atoms with Crippen LogP contribution < -0.4 is 26.2 Å². The monoisotopic (exact) mass is 805 g/mol. The van der Waals surface area contributed by atoms with Gasteiger partial charge in [0.15, 0.2) is 0 Å². The summed E-state index contributed by atoms with van der Waals surface area (Å²) >= 11 is 0. The van der Waals surface area contributed by atoms with E-state index in [1.165, 1.54) is 120 Å². The Labute approximate surface area is 369 Å². The largest absolute Gasteiger partial charge is 0.335 e. The number of anilines is 5. The van der Waals surface area contributed by atoms with Crippen LogP contribution in [0.3, 0.4) is 0 Å². The number of rotatable bonds is 3. The van der Waals surface area contributed by atoms with Gasteiger partial charge in [-0.2, -0.15) is 0 Å². The highest BCUT2D eigenvalue weighted by atomic mass is 15.3. The van der Waals surface area contributed by atoms with Crippen LogP contribution >= 0.6 is 0 Å². The molecule has 6 aliphatic rings. The van der Waals surface area contributed by atoms with Crippen LogP contribution in [0.4, 0.5) is 28.4 Å². The minimum Gasteiger partial charge on any atom is -0.335 e. The van der Waals surface area contributed by atoms with Gasteiger partial charge in [0.05, 0.1) is 22.3 Å². The van der Waals surface area contributed by atoms with Gasteiger partial charge in [-0.25, -0.2) is 0 Å². The molecule has 2 unspecified atom stereocenters. The first-order valence-electron chi connectivity index (χ1n) is 23.0. The lowest BCUT2D eigenvalue weighted by atomic mass is 9.33. The number of hydrogen-bond acceptors (Lipinski definition) is 2. The van der Waals surface area contributed by atoms with E-state index in [0.717, 1.165) is 17.8 Å². The van der Waals surface area contributed by atoms with Crippen molar-refractivity contribution in [2.45, 2.75) is 55.9 Å². The predicted molar refractivity (Wildman–Crippen MR) is 262 cm³/mol. The van der Waals surface area contributed by atoms with Gasteiger partial charge in [-0.15, -0.1) is 0 Å². The van der Waals surface area contributed by atoms with Crippen molar-refractivity contribution in [1.82, 2.24) is 4.57 Å². The van der Waals surface area contributed by atoms with Gasteiger partial charge < -0.3 is 14.4 Å². The molecule has 0 radical (unpaired) electrons. The second-order valence-corrected chi connectivity index (χ2v) is 19.4. The first-order chi connectivity index (χ1) is 31.0. The fourth-order valence-electron chi connectivity index (χ4n) is 14.3. The van der Waals surface area contributed by atoms with Crippen LogP contribution in [0.25, 0.3) is 39.0 Å². The quantitative estimate of drug-likeness (QED) is 0.165. The van der Waals surface area contributed by atoms with Gasteiger partial charge >= 0.3 is 0 Å². The van der Waals surface area contributed by atoms with Crippen molar-refractivity contribution >= 4 is 62.4 Å². The van der Waals surface area contributed by atoms with E-state index in [4.69, 9.17) is 0 Å². The van der Waals surface area contributed by atoms with Crippen LogP contribution in [0, 0.1) is 0 Å². The Balaban J connectivity index is 1.13. The van der Waals surface area contributed by atoms with E-state index in [1.54, 1.807) is 0 Å². The fraction of sp³-hybridized carbons (Fsp3) is 0.153. The number of para-hydroxylation sites is 4. The molecule has 15 rings (SSSR count). The van der Waals surface area contributed by atoms with E-state index >= 15 is 0 Å². The Morgan fingerprint density at radius 2 is 1.06 bits per heavy atom. The molecule has 2 atom stereocenters. The molecule has 3 aliphatic heterocycles. The molecule has 0 amide bonds. The molecule has 1 fully saturated rings. The summed E-state index contributed by atoms with van der Waals surface area (Å²) < 4.78 is 2.75. The van der Waals surface area contributed by atoms with E-state index < -0.39 is 5.41 Å². The summed E-state index contributed by atoms with van der Waals surface area (Å²) in [7, 11) is 0. The zero-order valence-electron chi connectivity index (χ0n) is 35.6. The van der Waals surface area contributed by atoms with Crippen molar-refractivity contribution < 1.29 is 0 Å². The van der Waals surface area contributed by atoms with E-state index in [-0.39, 0.29) is 17.7 Å². The summed E-state index contributed by atoms with van der Waals surface area (Å²) in [5.41, 5.74) is 25.2. The average molecular weight is 806 g/mol. The lowest BCUT2D eigenvalue weighted by Gasteiger charge is -2.52. The number of hydrogen-bond donors (Lipinski definition) is 0. The Hall–Kier alpha value is -7.04. The Kier molecular flexibility index (Phi) is 6.41. The van der Waals surface area contributed by atoms with E-state index in [0.29, 0.717) is 0 Å². The molecule has 8 aromatic carbocycles. The number of benzene rings is 8. The minimum atomic E-state index is -0.456. The standard InChI is InChI=1S/C59H44BN3/c1-57-33-15-16-34-58(57,2)63-51-36-39(61(37-19-5-3-6-20-37)38-21-7-4-8-22-38)35-50-53(51)60(49-32-18-30-47(57)56(49)63)48-31-17-26-43-52-55(62(50)54(43)48)42-25-11-14-29-46(42)59(52)44-27-12-9-23-40(44)41-24-10-13-28-45(41)59/h3-14,17-32,35-36H,15-16,33-34H2,1-2H3. The lowest BCUT2D eigenvalue weighted by molar-refractivity contribution is 0.195. The first kappa shape index (κ1) is 34.5. The first-order valence-corrected chi connectivity index (χ1v) is 23.0. The summed E-state index contributed by atoms with van der Waals surface area (Å²) in [5.74, 6) is 0. The molecule has 63 heavy (non-hydrogen) atoms. The maximum absolute atomic E-state index is 2.87. The normalized spacial score (nSPS) is 20.5. The van der Waals surface area contributed by atoms with Gasteiger partial charge in [0.1, 0.15) is 0 Å². The minimum absolute atomic E-state index is 0.0304. The lowest BCUT2D eigenvalue weighted by Crippen LogP contribution is -2.64. The molecular formula is C59H44BN3. The summed E-state index contributed by atoms with van der Waals surface area (Å²) in [6.07, 6.45) is 4.88. The van der Waals surface area contributed by atoms with Crippen LogP contribution in [-0.4, -0.2) is 16.8 Å². The molecule has 0 saturated heterocycles. The van der Waals surface area contributed by atoms with Crippen molar-refractivity contribution in [3.05, 3.63) is 210 Å². The number of nitrogens with zero attached hydrogens (tertiary/aromatic N) is 3.